The zero-order valence-electron chi connectivity index (χ0n) is 16.8. The number of hydrogen-bond donors (Lipinski definition) is 2. The van der Waals surface area contributed by atoms with Crippen LogP contribution >= 0.6 is 11.6 Å². The highest BCUT2D eigenvalue weighted by Gasteiger charge is 2.45. The molecule has 1 spiro atoms. The summed E-state index contributed by atoms with van der Waals surface area (Å²) in [5.74, 6) is 0.504. The maximum atomic E-state index is 11.8. The Morgan fingerprint density at radius 1 is 1.17 bits per heavy atom. The number of carbonyl (C=O) groups excluding carboxylic acids is 1. The standard InChI is InChI=1S/C23H26ClN3O3/c24-16-5-6-21-15(11-16)12-23(30-21)7-9-26(10-8-23)19-13-27(14-20(19)28)18-4-2-1-3-17(18)22(25)29/h1-6,11,19-20,28H,7-10,12-14H2,(H2,25,29). The topological polar surface area (TPSA) is 79.0 Å². The van der Waals surface area contributed by atoms with E-state index in [1.165, 1.54) is 5.56 Å². The zero-order chi connectivity index (χ0) is 20.9. The summed E-state index contributed by atoms with van der Waals surface area (Å²) < 4.78 is 6.35. The van der Waals surface area contributed by atoms with Gasteiger partial charge in [-0.2, -0.15) is 0 Å². The largest absolute Gasteiger partial charge is 0.487 e. The number of para-hydroxylation sites is 1. The van der Waals surface area contributed by atoms with Gasteiger partial charge in [0.05, 0.1) is 17.7 Å². The fourth-order valence-electron chi connectivity index (χ4n) is 5.23. The molecule has 0 bridgehead atoms. The van der Waals surface area contributed by atoms with Gasteiger partial charge in [-0.25, -0.2) is 0 Å². The average Bonchev–Trinajstić information content (AvgIpc) is 3.28. The number of piperidine rings is 1. The summed E-state index contributed by atoms with van der Waals surface area (Å²) in [4.78, 5) is 16.2. The van der Waals surface area contributed by atoms with Crippen LogP contribution < -0.4 is 15.4 Å². The summed E-state index contributed by atoms with van der Waals surface area (Å²) in [6.45, 7) is 2.91. The molecule has 3 aliphatic rings. The van der Waals surface area contributed by atoms with Crippen LogP contribution in [0.2, 0.25) is 5.02 Å². The summed E-state index contributed by atoms with van der Waals surface area (Å²) in [7, 11) is 0. The minimum Gasteiger partial charge on any atom is -0.487 e. The van der Waals surface area contributed by atoms with Crippen LogP contribution in [0.15, 0.2) is 42.5 Å². The van der Waals surface area contributed by atoms with E-state index in [-0.39, 0.29) is 11.6 Å². The zero-order valence-corrected chi connectivity index (χ0v) is 17.5. The number of nitrogens with zero attached hydrogens (tertiary/aromatic N) is 2. The van der Waals surface area contributed by atoms with E-state index < -0.39 is 12.0 Å². The van der Waals surface area contributed by atoms with Crippen LogP contribution in [0.1, 0.15) is 28.8 Å². The van der Waals surface area contributed by atoms with Crippen molar-refractivity contribution in [2.24, 2.45) is 5.73 Å². The number of ether oxygens (including phenoxy) is 1. The van der Waals surface area contributed by atoms with E-state index in [1.807, 2.05) is 36.4 Å². The summed E-state index contributed by atoms with van der Waals surface area (Å²) in [6.07, 6.45) is 2.25. The molecule has 2 unspecified atom stereocenters. The second kappa shape index (κ2) is 7.45. The molecule has 0 aromatic heterocycles. The van der Waals surface area contributed by atoms with Crippen LogP contribution in [0.4, 0.5) is 5.69 Å². The van der Waals surface area contributed by atoms with Gasteiger partial charge in [-0.1, -0.05) is 23.7 Å². The molecule has 158 valence electrons. The van der Waals surface area contributed by atoms with Crippen LogP contribution in [-0.4, -0.2) is 59.8 Å². The van der Waals surface area contributed by atoms with E-state index in [4.69, 9.17) is 22.1 Å². The SMILES string of the molecule is NC(=O)c1ccccc1N1CC(O)C(N2CCC3(CC2)Cc2cc(Cl)ccc2O3)C1. The van der Waals surface area contributed by atoms with Crippen LogP contribution in [0.5, 0.6) is 5.75 Å². The number of aliphatic hydroxyl groups excluding tert-OH is 1. The smallest absolute Gasteiger partial charge is 0.250 e. The van der Waals surface area contributed by atoms with Gasteiger partial charge in [0.15, 0.2) is 0 Å². The molecule has 0 saturated carbocycles. The van der Waals surface area contributed by atoms with Gasteiger partial charge in [-0.05, 0) is 35.9 Å². The number of fused-ring (bicyclic) bond motifs is 1. The average molecular weight is 428 g/mol. The van der Waals surface area contributed by atoms with Gasteiger partial charge < -0.3 is 20.5 Å². The Morgan fingerprint density at radius 3 is 2.70 bits per heavy atom. The van der Waals surface area contributed by atoms with Crippen molar-refractivity contribution in [1.82, 2.24) is 4.90 Å². The predicted octanol–water partition coefficient (Wildman–Crippen LogP) is 2.46. The van der Waals surface area contributed by atoms with Crippen LogP contribution in [0.3, 0.4) is 0 Å². The van der Waals surface area contributed by atoms with Crippen molar-refractivity contribution in [2.75, 3.05) is 31.1 Å². The summed E-state index contributed by atoms with van der Waals surface area (Å²) in [5, 5.41) is 11.5. The summed E-state index contributed by atoms with van der Waals surface area (Å²) in [5.41, 5.74) is 7.87. The lowest BCUT2D eigenvalue weighted by Crippen LogP contribution is -2.53. The molecular weight excluding hydrogens is 402 g/mol. The molecule has 30 heavy (non-hydrogen) atoms. The highest BCUT2D eigenvalue weighted by molar-refractivity contribution is 6.30. The van der Waals surface area contributed by atoms with E-state index in [9.17, 15) is 9.90 Å². The summed E-state index contributed by atoms with van der Waals surface area (Å²) in [6, 6.07) is 13.2. The lowest BCUT2D eigenvalue weighted by Gasteiger charge is -2.41. The Hall–Kier alpha value is -2.28. The van der Waals surface area contributed by atoms with Crippen molar-refractivity contribution < 1.29 is 14.6 Å². The maximum absolute atomic E-state index is 11.8. The molecule has 2 atom stereocenters. The minimum absolute atomic E-state index is 0.0292. The van der Waals surface area contributed by atoms with E-state index in [1.54, 1.807) is 6.07 Å². The van der Waals surface area contributed by atoms with E-state index in [0.29, 0.717) is 18.7 Å². The normalized spacial score (nSPS) is 25.3. The molecule has 0 radical (unpaired) electrons. The molecule has 3 N–H and O–H groups in total. The van der Waals surface area contributed by atoms with Gasteiger partial charge in [0.1, 0.15) is 11.4 Å². The molecular formula is C23H26ClN3O3. The fourth-order valence-corrected chi connectivity index (χ4v) is 5.42. The Kier molecular flexibility index (Phi) is 4.88. The number of carbonyl (C=O) groups is 1. The number of nitrogens with two attached hydrogens (primary N) is 1. The first-order valence-electron chi connectivity index (χ1n) is 10.5. The third-order valence-electron chi connectivity index (χ3n) is 6.81. The highest BCUT2D eigenvalue weighted by atomic mass is 35.5. The summed E-state index contributed by atoms with van der Waals surface area (Å²) >= 11 is 6.15. The molecule has 2 aromatic carbocycles. The molecule has 2 fully saturated rings. The quantitative estimate of drug-likeness (QED) is 0.786. The van der Waals surface area contributed by atoms with E-state index in [0.717, 1.165) is 48.8 Å². The first kappa shape index (κ1) is 19.7. The third-order valence-corrected chi connectivity index (χ3v) is 7.04. The molecule has 2 saturated heterocycles. The fraction of sp³-hybridized carbons (Fsp3) is 0.435. The molecule has 3 heterocycles. The van der Waals surface area contributed by atoms with Crippen LogP contribution in [0.25, 0.3) is 0 Å². The molecule has 0 aliphatic carbocycles. The Morgan fingerprint density at radius 2 is 1.93 bits per heavy atom. The predicted molar refractivity (Wildman–Crippen MR) is 116 cm³/mol. The van der Waals surface area contributed by atoms with Crippen molar-refractivity contribution >= 4 is 23.2 Å². The lowest BCUT2D eigenvalue weighted by molar-refractivity contribution is -0.0107. The molecule has 3 aliphatic heterocycles. The van der Waals surface area contributed by atoms with Crippen LogP contribution in [-0.2, 0) is 6.42 Å². The minimum atomic E-state index is -0.472. The third kappa shape index (κ3) is 3.43. The van der Waals surface area contributed by atoms with Crippen molar-refractivity contribution in [1.29, 1.82) is 0 Å². The monoisotopic (exact) mass is 427 g/mol. The number of β-amino-alcohol motifs (C(OH)–C–C–N with tert-alkyl or cyclic N) is 1. The van der Waals surface area contributed by atoms with Crippen molar-refractivity contribution in [3.05, 3.63) is 58.6 Å². The van der Waals surface area contributed by atoms with Crippen LogP contribution in [0, 0.1) is 0 Å². The van der Waals surface area contributed by atoms with Gasteiger partial charge in [-0.15, -0.1) is 0 Å². The Labute approximate surface area is 181 Å². The highest BCUT2D eigenvalue weighted by Crippen LogP contribution is 2.42. The number of rotatable bonds is 3. The number of amides is 1. The van der Waals surface area contributed by atoms with Gasteiger partial charge >= 0.3 is 0 Å². The Bertz CT molecular complexity index is 974. The van der Waals surface area contributed by atoms with Gasteiger partial charge in [0.25, 0.3) is 5.91 Å². The van der Waals surface area contributed by atoms with E-state index in [2.05, 4.69) is 9.80 Å². The van der Waals surface area contributed by atoms with Crippen molar-refractivity contribution in [3.63, 3.8) is 0 Å². The number of primary amides is 1. The molecule has 1 amide bonds. The number of likely N-dealkylation sites (tertiary alicyclic amines) is 1. The molecule has 6 nitrogen and oxygen atoms in total. The van der Waals surface area contributed by atoms with Crippen molar-refractivity contribution in [2.45, 2.75) is 37.0 Å². The number of hydrogen-bond acceptors (Lipinski definition) is 5. The first-order chi connectivity index (χ1) is 14.4. The lowest BCUT2D eigenvalue weighted by atomic mass is 9.86. The van der Waals surface area contributed by atoms with Gasteiger partial charge in [0.2, 0.25) is 0 Å². The van der Waals surface area contributed by atoms with Gasteiger partial charge in [0, 0.05) is 56.2 Å². The molecule has 7 heteroatoms. The number of aliphatic hydroxyl groups is 1. The van der Waals surface area contributed by atoms with Gasteiger partial charge in [-0.3, -0.25) is 9.69 Å². The number of anilines is 1. The first-order valence-corrected chi connectivity index (χ1v) is 10.9. The maximum Gasteiger partial charge on any atom is 0.250 e. The second-order valence-electron chi connectivity index (χ2n) is 8.67. The van der Waals surface area contributed by atoms with E-state index >= 15 is 0 Å². The van der Waals surface area contributed by atoms with Crippen molar-refractivity contribution in [3.8, 4) is 5.75 Å². The number of halogens is 1. The number of benzene rings is 2. The molecule has 5 rings (SSSR count). The molecule has 2 aromatic rings. The second-order valence-corrected chi connectivity index (χ2v) is 9.11. The Balaban J connectivity index is 1.26.